The van der Waals surface area contributed by atoms with Crippen LogP contribution in [0, 0.1) is 12.8 Å². The standard InChI is InChI=1S/C17H25NO/c1-4-13-6-5-9-17(13)11-15(18-3)14-10-12(2)7-8-16(14)19-17/h7-8,10,13,15,18H,4-6,9,11H2,1-3H3. The minimum absolute atomic E-state index is 0.0880. The minimum Gasteiger partial charge on any atom is -0.487 e. The lowest BCUT2D eigenvalue weighted by molar-refractivity contribution is -0.00470. The van der Waals surface area contributed by atoms with Crippen LogP contribution in [0.15, 0.2) is 18.2 Å². The van der Waals surface area contributed by atoms with Crippen molar-refractivity contribution in [1.29, 1.82) is 0 Å². The highest BCUT2D eigenvalue weighted by Gasteiger charge is 2.48. The third-order valence-corrected chi connectivity index (χ3v) is 5.14. The summed E-state index contributed by atoms with van der Waals surface area (Å²) in [6.45, 7) is 4.46. The van der Waals surface area contributed by atoms with E-state index >= 15 is 0 Å². The quantitative estimate of drug-likeness (QED) is 0.867. The molecule has 1 N–H and O–H groups in total. The number of fused-ring (bicyclic) bond motifs is 1. The maximum absolute atomic E-state index is 6.53. The first-order valence-electron chi connectivity index (χ1n) is 7.65. The topological polar surface area (TPSA) is 21.3 Å². The average molecular weight is 259 g/mol. The van der Waals surface area contributed by atoms with E-state index in [1.165, 1.54) is 36.8 Å². The van der Waals surface area contributed by atoms with Gasteiger partial charge in [0.1, 0.15) is 11.4 Å². The van der Waals surface area contributed by atoms with Crippen molar-refractivity contribution in [3.05, 3.63) is 29.3 Å². The molecule has 1 aromatic rings. The van der Waals surface area contributed by atoms with E-state index in [-0.39, 0.29) is 5.60 Å². The van der Waals surface area contributed by atoms with E-state index < -0.39 is 0 Å². The molecule has 1 aliphatic heterocycles. The smallest absolute Gasteiger partial charge is 0.124 e. The van der Waals surface area contributed by atoms with Crippen LogP contribution < -0.4 is 10.1 Å². The zero-order chi connectivity index (χ0) is 13.5. The van der Waals surface area contributed by atoms with Gasteiger partial charge in [-0.05, 0) is 51.6 Å². The summed E-state index contributed by atoms with van der Waals surface area (Å²) in [5.41, 5.74) is 2.75. The first-order chi connectivity index (χ1) is 9.18. The average Bonchev–Trinajstić information content (AvgIpc) is 2.80. The van der Waals surface area contributed by atoms with Crippen LogP contribution in [-0.2, 0) is 0 Å². The highest BCUT2D eigenvalue weighted by Crippen LogP contribution is 2.50. The molecule has 0 saturated heterocycles. The number of ether oxygens (including phenoxy) is 1. The van der Waals surface area contributed by atoms with Gasteiger partial charge in [0.2, 0.25) is 0 Å². The van der Waals surface area contributed by atoms with Crippen LogP contribution in [-0.4, -0.2) is 12.6 Å². The van der Waals surface area contributed by atoms with Crippen molar-refractivity contribution in [2.45, 2.75) is 57.6 Å². The Balaban J connectivity index is 2.00. The van der Waals surface area contributed by atoms with Gasteiger partial charge in [0.25, 0.3) is 0 Å². The van der Waals surface area contributed by atoms with Crippen molar-refractivity contribution in [3.63, 3.8) is 0 Å². The summed E-state index contributed by atoms with van der Waals surface area (Å²) in [7, 11) is 2.08. The molecule has 2 nitrogen and oxygen atoms in total. The Morgan fingerprint density at radius 1 is 1.42 bits per heavy atom. The predicted octanol–water partition coefficient (Wildman–Crippen LogP) is 3.99. The summed E-state index contributed by atoms with van der Waals surface area (Å²) in [6, 6.07) is 7.05. The van der Waals surface area contributed by atoms with E-state index in [2.05, 4.69) is 44.4 Å². The van der Waals surface area contributed by atoms with Gasteiger partial charge in [0.15, 0.2) is 0 Å². The first-order valence-corrected chi connectivity index (χ1v) is 7.65. The summed E-state index contributed by atoms with van der Waals surface area (Å²) in [5, 5.41) is 3.50. The van der Waals surface area contributed by atoms with Crippen LogP contribution in [0.3, 0.4) is 0 Å². The molecule has 3 rings (SSSR count). The molecule has 0 aromatic heterocycles. The lowest BCUT2D eigenvalue weighted by atomic mass is 9.79. The Morgan fingerprint density at radius 3 is 3.00 bits per heavy atom. The number of nitrogens with one attached hydrogen (secondary N) is 1. The third kappa shape index (κ3) is 2.06. The lowest BCUT2D eigenvalue weighted by Crippen LogP contribution is -2.46. The Kier molecular flexibility index (Phi) is 3.30. The molecule has 2 aliphatic rings. The summed E-state index contributed by atoms with van der Waals surface area (Å²) in [4.78, 5) is 0. The van der Waals surface area contributed by atoms with E-state index in [9.17, 15) is 0 Å². The third-order valence-electron chi connectivity index (χ3n) is 5.14. The van der Waals surface area contributed by atoms with Crippen LogP contribution in [0.4, 0.5) is 0 Å². The second-order valence-electron chi connectivity index (χ2n) is 6.25. The SMILES string of the molecule is CCC1CCCC12CC(NC)c1cc(C)ccc1O2. The summed E-state index contributed by atoms with van der Waals surface area (Å²) in [5.74, 6) is 1.83. The fourth-order valence-electron chi connectivity index (χ4n) is 4.10. The monoisotopic (exact) mass is 259 g/mol. The maximum Gasteiger partial charge on any atom is 0.124 e. The zero-order valence-electron chi connectivity index (χ0n) is 12.3. The molecular formula is C17H25NO. The number of rotatable bonds is 2. The van der Waals surface area contributed by atoms with E-state index in [0.717, 1.165) is 18.1 Å². The predicted molar refractivity (Wildman–Crippen MR) is 78.6 cm³/mol. The Hall–Kier alpha value is -1.02. The normalized spacial score (nSPS) is 33.2. The van der Waals surface area contributed by atoms with Gasteiger partial charge < -0.3 is 10.1 Å². The Bertz CT molecular complexity index is 470. The van der Waals surface area contributed by atoms with Gasteiger partial charge in [0, 0.05) is 18.0 Å². The highest BCUT2D eigenvalue weighted by atomic mass is 16.5. The van der Waals surface area contributed by atoms with Crippen molar-refractivity contribution in [3.8, 4) is 5.75 Å². The van der Waals surface area contributed by atoms with Gasteiger partial charge in [-0.15, -0.1) is 0 Å². The van der Waals surface area contributed by atoms with Gasteiger partial charge in [-0.25, -0.2) is 0 Å². The van der Waals surface area contributed by atoms with Gasteiger partial charge in [-0.3, -0.25) is 0 Å². The Morgan fingerprint density at radius 2 is 2.26 bits per heavy atom. The summed E-state index contributed by atoms with van der Waals surface area (Å²) >= 11 is 0. The van der Waals surface area contributed by atoms with Gasteiger partial charge in [-0.1, -0.05) is 24.6 Å². The molecule has 19 heavy (non-hydrogen) atoms. The largest absolute Gasteiger partial charge is 0.487 e. The fraction of sp³-hybridized carbons (Fsp3) is 0.647. The van der Waals surface area contributed by atoms with E-state index in [0.29, 0.717) is 6.04 Å². The summed E-state index contributed by atoms with van der Waals surface area (Å²) in [6.07, 6.45) is 6.22. The lowest BCUT2D eigenvalue weighted by Gasteiger charge is -2.43. The number of hydrogen-bond acceptors (Lipinski definition) is 2. The molecule has 1 spiro atoms. The molecule has 104 valence electrons. The fourth-order valence-corrected chi connectivity index (χ4v) is 4.10. The van der Waals surface area contributed by atoms with Crippen molar-refractivity contribution in [2.75, 3.05) is 7.05 Å². The molecular weight excluding hydrogens is 234 g/mol. The van der Waals surface area contributed by atoms with Gasteiger partial charge in [0.05, 0.1) is 0 Å². The maximum atomic E-state index is 6.53. The molecule has 3 atom stereocenters. The van der Waals surface area contributed by atoms with Crippen LogP contribution >= 0.6 is 0 Å². The van der Waals surface area contributed by atoms with E-state index in [1.54, 1.807) is 0 Å². The van der Waals surface area contributed by atoms with Gasteiger partial charge >= 0.3 is 0 Å². The van der Waals surface area contributed by atoms with E-state index in [1.807, 2.05) is 0 Å². The second kappa shape index (κ2) is 4.82. The molecule has 1 heterocycles. The molecule has 1 fully saturated rings. The number of aryl methyl sites for hydroxylation is 1. The molecule has 2 heteroatoms. The molecule has 1 aliphatic carbocycles. The van der Waals surface area contributed by atoms with Crippen LogP contribution in [0.2, 0.25) is 0 Å². The summed E-state index contributed by atoms with van der Waals surface area (Å²) < 4.78 is 6.53. The highest BCUT2D eigenvalue weighted by molar-refractivity contribution is 5.42. The van der Waals surface area contributed by atoms with Crippen molar-refractivity contribution < 1.29 is 4.74 Å². The molecule has 0 bridgehead atoms. The molecule has 0 amide bonds. The van der Waals surface area contributed by atoms with Crippen LogP contribution in [0.5, 0.6) is 5.75 Å². The first kappa shape index (κ1) is 13.0. The van der Waals surface area contributed by atoms with Gasteiger partial charge in [-0.2, -0.15) is 0 Å². The zero-order valence-corrected chi connectivity index (χ0v) is 12.3. The number of hydrogen-bond donors (Lipinski definition) is 1. The minimum atomic E-state index is 0.0880. The van der Waals surface area contributed by atoms with Crippen molar-refractivity contribution in [1.82, 2.24) is 5.32 Å². The number of benzene rings is 1. The molecule has 3 unspecified atom stereocenters. The van der Waals surface area contributed by atoms with Crippen LogP contribution in [0.25, 0.3) is 0 Å². The molecule has 0 radical (unpaired) electrons. The Labute approximate surface area is 116 Å². The van der Waals surface area contributed by atoms with Crippen molar-refractivity contribution in [2.24, 2.45) is 5.92 Å². The molecule has 1 aromatic carbocycles. The van der Waals surface area contributed by atoms with E-state index in [4.69, 9.17) is 4.74 Å². The molecule has 1 saturated carbocycles. The van der Waals surface area contributed by atoms with Crippen molar-refractivity contribution >= 4 is 0 Å². The second-order valence-corrected chi connectivity index (χ2v) is 6.25. The van der Waals surface area contributed by atoms with Crippen LogP contribution in [0.1, 0.15) is 56.2 Å².